The third-order valence-corrected chi connectivity index (χ3v) is 2.80. The van der Waals surface area contributed by atoms with E-state index in [9.17, 15) is 9.59 Å². The van der Waals surface area contributed by atoms with Gasteiger partial charge in [-0.1, -0.05) is 0 Å². The van der Waals surface area contributed by atoms with Gasteiger partial charge >= 0.3 is 0 Å². The number of nitrogens with zero attached hydrogens (tertiary/aromatic N) is 1. The van der Waals surface area contributed by atoms with Crippen molar-refractivity contribution in [2.75, 3.05) is 13.7 Å². The van der Waals surface area contributed by atoms with Crippen molar-refractivity contribution in [2.45, 2.75) is 18.9 Å². The summed E-state index contributed by atoms with van der Waals surface area (Å²) in [7, 11) is 1.51. The Morgan fingerprint density at radius 1 is 1.56 bits per heavy atom. The standard InChI is InChI=1S/C12H15N3O3/c1-18-10-5-4-8(7-14-10)11(16)15-9-3-2-6-13-12(9)17/h4-5,7,9H,2-3,6H2,1H3,(H,13,17)(H,15,16)/t9-/m0/s1. The number of amides is 2. The fourth-order valence-corrected chi connectivity index (χ4v) is 1.79. The summed E-state index contributed by atoms with van der Waals surface area (Å²) in [5.74, 6) is 0.0187. The van der Waals surface area contributed by atoms with Crippen LogP contribution in [-0.2, 0) is 4.79 Å². The Balaban J connectivity index is 2.00. The Morgan fingerprint density at radius 2 is 2.39 bits per heavy atom. The SMILES string of the molecule is COc1ccc(C(=O)N[C@H]2CCCNC2=O)cn1. The van der Waals surface area contributed by atoms with Gasteiger partial charge in [-0.05, 0) is 18.9 Å². The smallest absolute Gasteiger partial charge is 0.253 e. The van der Waals surface area contributed by atoms with Crippen molar-refractivity contribution < 1.29 is 14.3 Å². The minimum absolute atomic E-state index is 0.129. The topological polar surface area (TPSA) is 80.3 Å². The van der Waals surface area contributed by atoms with E-state index >= 15 is 0 Å². The van der Waals surface area contributed by atoms with E-state index in [0.29, 0.717) is 24.4 Å². The fraction of sp³-hybridized carbons (Fsp3) is 0.417. The lowest BCUT2D eigenvalue weighted by Gasteiger charge is -2.22. The van der Waals surface area contributed by atoms with Gasteiger partial charge < -0.3 is 15.4 Å². The van der Waals surface area contributed by atoms with Crippen LogP contribution in [0.3, 0.4) is 0 Å². The summed E-state index contributed by atoms with van der Waals surface area (Å²) in [6.45, 7) is 0.676. The lowest BCUT2D eigenvalue weighted by molar-refractivity contribution is -0.124. The van der Waals surface area contributed by atoms with Crippen molar-refractivity contribution in [3.8, 4) is 5.88 Å². The van der Waals surface area contributed by atoms with Gasteiger partial charge in [0.15, 0.2) is 0 Å². The third kappa shape index (κ3) is 2.77. The first-order chi connectivity index (χ1) is 8.70. The molecule has 1 aliphatic heterocycles. The number of methoxy groups -OCH3 is 1. The molecule has 2 rings (SSSR count). The highest BCUT2D eigenvalue weighted by Gasteiger charge is 2.23. The highest BCUT2D eigenvalue weighted by atomic mass is 16.5. The van der Waals surface area contributed by atoms with Gasteiger partial charge in [-0.3, -0.25) is 9.59 Å². The zero-order valence-electron chi connectivity index (χ0n) is 10.1. The van der Waals surface area contributed by atoms with E-state index in [1.54, 1.807) is 12.1 Å². The maximum Gasteiger partial charge on any atom is 0.253 e. The molecule has 1 aromatic rings. The maximum atomic E-state index is 11.9. The maximum absolute atomic E-state index is 11.9. The van der Waals surface area contributed by atoms with Crippen LogP contribution in [0.2, 0.25) is 0 Å². The molecular weight excluding hydrogens is 234 g/mol. The van der Waals surface area contributed by atoms with Gasteiger partial charge in [-0.2, -0.15) is 0 Å². The minimum atomic E-state index is -0.451. The van der Waals surface area contributed by atoms with Crippen LogP contribution in [0.25, 0.3) is 0 Å². The number of nitrogens with one attached hydrogen (secondary N) is 2. The molecule has 1 atom stereocenters. The average Bonchev–Trinajstić information content (AvgIpc) is 2.41. The molecule has 6 nitrogen and oxygen atoms in total. The van der Waals surface area contributed by atoms with Crippen LogP contribution >= 0.6 is 0 Å². The summed E-state index contributed by atoms with van der Waals surface area (Å²) >= 11 is 0. The highest BCUT2D eigenvalue weighted by molar-refractivity contribution is 5.97. The molecule has 0 bridgehead atoms. The molecule has 1 aromatic heterocycles. The molecule has 6 heteroatoms. The lowest BCUT2D eigenvalue weighted by Crippen LogP contribution is -2.50. The molecule has 0 radical (unpaired) electrons. The summed E-state index contributed by atoms with van der Waals surface area (Å²) in [5.41, 5.74) is 0.411. The van der Waals surface area contributed by atoms with Crippen molar-refractivity contribution in [3.05, 3.63) is 23.9 Å². The van der Waals surface area contributed by atoms with E-state index in [1.807, 2.05) is 0 Å². The Kier molecular flexibility index (Phi) is 3.76. The highest BCUT2D eigenvalue weighted by Crippen LogP contribution is 2.08. The first-order valence-corrected chi connectivity index (χ1v) is 5.79. The van der Waals surface area contributed by atoms with Crippen molar-refractivity contribution in [2.24, 2.45) is 0 Å². The third-order valence-electron chi connectivity index (χ3n) is 2.80. The molecule has 96 valence electrons. The Bertz CT molecular complexity index is 444. The van der Waals surface area contributed by atoms with Crippen molar-refractivity contribution in [3.63, 3.8) is 0 Å². The summed E-state index contributed by atoms with van der Waals surface area (Å²) in [5, 5.41) is 5.41. The van der Waals surface area contributed by atoms with Gasteiger partial charge in [0.05, 0.1) is 12.7 Å². The second kappa shape index (κ2) is 5.48. The van der Waals surface area contributed by atoms with Gasteiger partial charge in [0, 0.05) is 18.8 Å². The monoisotopic (exact) mass is 249 g/mol. The summed E-state index contributed by atoms with van der Waals surface area (Å²) in [6, 6.07) is 2.77. The molecule has 2 N–H and O–H groups in total. The van der Waals surface area contributed by atoms with Crippen molar-refractivity contribution in [1.29, 1.82) is 0 Å². The zero-order valence-corrected chi connectivity index (χ0v) is 10.1. The predicted molar refractivity (Wildman–Crippen MR) is 64.3 cm³/mol. The minimum Gasteiger partial charge on any atom is -0.481 e. The molecular formula is C12H15N3O3. The summed E-state index contributed by atoms with van der Waals surface area (Å²) < 4.78 is 4.91. The van der Waals surface area contributed by atoms with Crippen molar-refractivity contribution in [1.82, 2.24) is 15.6 Å². The molecule has 18 heavy (non-hydrogen) atoms. The number of pyridine rings is 1. The van der Waals surface area contributed by atoms with Gasteiger partial charge in [0.25, 0.3) is 5.91 Å². The Hall–Kier alpha value is -2.11. The van der Waals surface area contributed by atoms with E-state index in [0.717, 1.165) is 6.42 Å². The fourth-order valence-electron chi connectivity index (χ4n) is 1.79. The van der Waals surface area contributed by atoms with Crippen LogP contribution < -0.4 is 15.4 Å². The summed E-state index contributed by atoms with van der Waals surface area (Å²) in [4.78, 5) is 27.3. The molecule has 1 saturated heterocycles. The number of carbonyl (C=O) groups is 2. The quantitative estimate of drug-likeness (QED) is 0.796. The molecule has 2 amide bonds. The predicted octanol–water partition coefficient (Wildman–Crippen LogP) is 0.0986. The van der Waals surface area contributed by atoms with E-state index in [2.05, 4.69) is 15.6 Å². The van der Waals surface area contributed by atoms with E-state index in [-0.39, 0.29) is 11.8 Å². The number of rotatable bonds is 3. The number of hydrogen-bond donors (Lipinski definition) is 2. The number of hydrogen-bond acceptors (Lipinski definition) is 4. The normalized spacial score (nSPS) is 18.9. The first kappa shape index (κ1) is 12.3. The van der Waals surface area contributed by atoms with E-state index < -0.39 is 6.04 Å². The second-order valence-corrected chi connectivity index (χ2v) is 4.05. The van der Waals surface area contributed by atoms with Crippen LogP contribution in [0.5, 0.6) is 5.88 Å². The van der Waals surface area contributed by atoms with Crippen LogP contribution in [0, 0.1) is 0 Å². The largest absolute Gasteiger partial charge is 0.481 e. The number of piperidine rings is 1. The molecule has 0 spiro atoms. The van der Waals surface area contributed by atoms with Gasteiger partial charge in [-0.25, -0.2) is 4.98 Å². The molecule has 0 aromatic carbocycles. The number of carbonyl (C=O) groups excluding carboxylic acids is 2. The number of aromatic nitrogens is 1. The average molecular weight is 249 g/mol. The van der Waals surface area contributed by atoms with Crippen molar-refractivity contribution >= 4 is 11.8 Å². The lowest BCUT2D eigenvalue weighted by atomic mass is 10.1. The second-order valence-electron chi connectivity index (χ2n) is 4.05. The first-order valence-electron chi connectivity index (χ1n) is 5.79. The van der Waals surface area contributed by atoms with Gasteiger partial charge in [0.1, 0.15) is 6.04 Å². The van der Waals surface area contributed by atoms with E-state index in [4.69, 9.17) is 4.74 Å². The molecule has 0 aliphatic carbocycles. The Morgan fingerprint density at radius 3 is 3.00 bits per heavy atom. The molecule has 0 unspecified atom stereocenters. The zero-order chi connectivity index (χ0) is 13.0. The number of ether oxygens (including phenoxy) is 1. The summed E-state index contributed by atoms with van der Waals surface area (Å²) in [6.07, 6.45) is 2.97. The van der Waals surface area contributed by atoms with Crippen LogP contribution in [0.4, 0.5) is 0 Å². The van der Waals surface area contributed by atoms with Crippen LogP contribution in [0.1, 0.15) is 23.2 Å². The van der Waals surface area contributed by atoms with Gasteiger partial charge in [0.2, 0.25) is 11.8 Å². The van der Waals surface area contributed by atoms with Gasteiger partial charge in [-0.15, -0.1) is 0 Å². The van der Waals surface area contributed by atoms with E-state index in [1.165, 1.54) is 13.3 Å². The Labute approximate surface area is 105 Å². The molecule has 1 fully saturated rings. The van der Waals surface area contributed by atoms with Crippen LogP contribution in [0.15, 0.2) is 18.3 Å². The molecule has 0 saturated carbocycles. The molecule has 1 aliphatic rings. The molecule has 2 heterocycles. The van der Waals surface area contributed by atoms with Crippen LogP contribution in [-0.4, -0.2) is 36.5 Å².